The summed E-state index contributed by atoms with van der Waals surface area (Å²) in [5.41, 5.74) is 6.45. The fourth-order valence-electron chi connectivity index (χ4n) is 1.15. The molecule has 1 aromatic rings. The zero-order valence-corrected chi connectivity index (χ0v) is 10.4. The van der Waals surface area contributed by atoms with Crippen molar-refractivity contribution < 1.29 is 4.74 Å². The minimum absolute atomic E-state index is 0.293. The maximum Gasteiger partial charge on any atom is 0.226 e. The highest BCUT2D eigenvalue weighted by Gasteiger charge is 2.11. The summed E-state index contributed by atoms with van der Waals surface area (Å²) in [7, 11) is 0. The Balaban J connectivity index is 2.72. The fourth-order valence-corrected chi connectivity index (χ4v) is 1.15. The first-order valence-electron chi connectivity index (χ1n) is 5.42. The van der Waals surface area contributed by atoms with Gasteiger partial charge >= 0.3 is 0 Å². The first-order valence-corrected chi connectivity index (χ1v) is 5.42. The van der Waals surface area contributed by atoms with E-state index in [9.17, 15) is 0 Å². The largest absolute Gasteiger partial charge is 0.478 e. The van der Waals surface area contributed by atoms with E-state index in [1.54, 1.807) is 0 Å². The Hall–Kier alpha value is -1.36. The van der Waals surface area contributed by atoms with Crippen LogP contribution in [0.3, 0.4) is 0 Å². The van der Waals surface area contributed by atoms with Crippen molar-refractivity contribution in [1.82, 2.24) is 9.97 Å². The molecule has 0 radical (unpaired) electrons. The van der Waals surface area contributed by atoms with E-state index in [4.69, 9.17) is 10.5 Å². The molecule has 0 amide bonds. The molecular weight excluding hydrogens is 204 g/mol. The third kappa shape index (κ3) is 4.44. The van der Waals surface area contributed by atoms with E-state index < -0.39 is 0 Å². The molecule has 1 rings (SSSR count). The standard InChI is InChI=1S/C11H20N4O/c1-5-16-9-6-8(2)14-10(15-9)13-7-11(3,4)12/h6H,5,7,12H2,1-4H3,(H,13,14,15). The highest BCUT2D eigenvalue weighted by Crippen LogP contribution is 2.12. The molecule has 0 aliphatic rings. The third-order valence-corrected chi connectivity index (χ3v) is 1.83. The van der Waals surface area contributed by atoms with Crippen LogP contribution in [0.4, 0.5) is 5.95 Å². The Morgan fingerprint density at radius 1 is 1.44 bits per heavy atom. The monoisotopic (exact) mass is 224 g/mol. The normalized spacial score (nSPS) is 11.3. The van der Waals surface area contributed by atoms with Gasteiger partial charge in [-0.1, -0.05) is 0 Å². The number of aromatic nitrogens is 2. The first-order chi connectivity index (χ1) is 7.40. The highest BCUT2D eigenvalue weighted by molar-refractivity contribution is 5.31. The molecular formula is C11H20N4O. The summed E-state index contributed by atoms with van der Waals surface area (Å²) in [5, 5.41) is 3.10. The molecule has 0 atom stereocenters. The molecule has 5 nitrogen and oxygen atoms in total. The summed E-state index contributed by atoms with van der Waals surface area (Å²) in [5.74, 6) is 1.15. The topological polar surface area (TPSA) is 73.1 Å². The van der Waals surface area contributed by atoms with Crippen LogP contribution in [0, 0.1) is 6.92 Å². The molecule has 0 saturated heterocycles. The van der Waals surface area contributed by atoms with Crippen LogP contribution in [0.2, 0.25) is 0 Å². The Morgan fingerprint density at radius 3 is 2.69 bits per heavy atom. The predicted octanol–water partition coefficient (Wildman–Crippen LogP) is 1.33. The van der Waals surface area contributed by atoms with Gasteiger partial charge < -0.3 is 15.8 Å². The van der Waals surface area contributed by atoms with Crippen molar-refractivity contribution in [2.45, 2.75) is 33.2 Å². The van der Waals surface area contributed by atoms with Crippen molar-refractivity contribution in [3.8, 4) is 5.88 Å². The maximum atomic E-state index is 5.87. The fraction of sp³-hybridized carbons (Fsp3) is 0.636. The summed E-state index contributed by atoms with van der Waals surface area (Å²) in [4.78, 5) is 8.49. The van der Waals surface area contributed by atoms with Gasteiger partial charge in [0.05, 0.1) is 6.61 Å². The van der Waals surface area contributed by atoms with Crippen molar-refractivity contribution in [3.05, 3.63) is 11.8 Å². The Bertz CT molecular complexity index is 346. The molecule has 0 saturated carbocycles. The minimum Gasteiger partial charge on any atom is -0.478 e. The summed E-state index contributed by atoms with van der Waals surface area (Å²) in [6.45, 7) is 8.93. The highest BCUT2D eigenvalue weighted by atomic mass is 16.5. The molecule has 1 aromatic heterocycles. The Kier molecular flexibility index (Phi) is 4.06. The number of nitrogens with two attached hydrogens (primary N) is 1. The number of aryl methyl sites for hydroxylation is 1. The molecule has 0 spiro atoms. The van der Waals surface area contributed by atoms with Crippen LogP contribution in [-0.4, -0.2) is 28.7 Å². The van der Waals surface area contributed by atoms with E-state index in [0.717, 1.165) is 5.69 Å². The minimum atomic E-state index is -0.293. The van der Waals surface area contributed by atoms with Crippen LogP contribution in [0.5, 0.6) is 5.88 Å². The summed E-state index contributed by atoms with van der Waals surface area (Å²) in [6, 6.07) is 1.81. The quantitative estimate of drug-likeness (QED) is 0.789. The lowest BCUT2D eigenvalue weighted by Gasteiger charge is -2.19. The molecule has 0 unspecified atom stereocenters. The molecule has 16 heavy (non-hydrogen) atoms. The van der Waals surface area contributed by atoms with Gasteiger partial charge in [0.1, 0.15) is 0 Å². The van der Waals surface area contributed by atoms with Gasteiger partial charge in [-0.2, -0.15) is 4.98 Å². The van der Waals surface area contributed by atoms with Gasteiger partial charge in [0.15, 0.2) is 0 Å². The average Bonchev–Trinajstić information content (AvgIpc) is 2.13. The molecule has 0 bridgehead atoms. The number of hydrogen-bond acceptors (Lipinski definition) is 5. The van der Waals surface area contributed by atoms with E-state index in [0.29, 0.717) is 25.0 Å². The summed E-state index contributed by atoms with van der Waals surface area (Å²) in [6.07, 6.45) is 0. The lowest BCUT2D eigenvalue weighted by Crippen LogP contribution is -2.40. The Morgan fingerprint density at radius 2 is 2.12 bits per heavy atom. The SMILES string of the molecule is CCOc1cc(C)nc(NCC(C)(C)N)n1. The van der Waals surface area contributed by atoms with Gasteiger partial charge in [0.2, 0.25) is 11.8 Å². The molecule has 90 valence electrons. The second-order valence-corrected chi connectivity index (χ2v) is 4.45. The van der Waals surface area contributed by atoms with Crippen LogP contribution in [0.1, 0.15) is 26.5 Å². The zero-order valence-electron chi connectivity index (χ0n) is 10.4. The first kappa shape index (κ1) is 12.7. The van der Waals surface area contributed by atoms with E-state index >= 15 is 0 Å². The molecule has 0 aliphatic heterocycles. The third-order valence-electron chi connectivity index (χ3n) is 1.83. The van der Waals surface area contributed by atoms with Gasteiger partial charge in [-0.25, -0.2) is 4.98 Å². The van der Waals surface area contributed by atoms with Gasteiger partial charge in [0.25, 0.3) is 0 Å². The van der Waals surface area contributed by atoms with Crippen LogP contribution < -0.4 is 15.8 Å². The molecule has 3 N–H and O–H groups in total. The molecule has 5 heteroatoms. The summed E-state index contributed by atoms with van der Waals surface area (Å²) < 4.78 is 5.34. The molecule has 1 heterocycles. The van der Waals surface area contributed by atoms with Crippen LogP contribution >= 0.6 is 0 Å². The maximum absolute atomic E-state index is 5.87. The number of hydrogen-bond donors (Lipinski definition) is 2. The number of nitrogens with zero attached hydrogens (tertiary/aromatic N) is 2. The van der Waals surface area contributed by atoms with E-state index in [-0.39, 0.29) is 5.54 Å². The van der Waals surface area contributed by atoms with Crippen LogP contribution in [0.25, 0.3) is 0 Å². The van der Waals surface area contributed by atoms with Crippen molar-refractivity contribution in [2.24, 2.45) is 5.73 Å². The molecule has 0 fully saturated rings. The van der Waals surface area contributed by atoms with Crippen molar-refractivity contribution in [3.63, 3.8) is 0 Å². The van der Waals surface area contributed by atoms with Crippen molar-refractivity contribution in [1.29, 1.82) is 0 Å². The van der Waals surface area contributed by atoms with Crippen molar-refractivity contribution in [2.75, 3.05) is 18.5 Å². The smallest absolute Gasteiger partial charge is 0.226 e. The Labute approximate surface area is 96.4 Å². The van der Waals surface area contributed by atoms with Crippen LogP contribution in [-0.2, 0) is 0 Å². The number of ether oxygens (including phenoxy) is 1. The van der Waals surface area contributed by atoms with E-state index in [1.165, 1.54) is 0 Å². The second kappa shape index (κ2) is 5.12. The lowest BCUT2D eigenvalue weighted by molar-refractivity contribution is 0.326. The average molecular weight is 224 g/mol. The number of anilines is 1. The van der Waals surface area contributed by atoms with Crippen molar-refractivity contribution >= 4 is 5.95 Å². The van der Waals surface area contributed by atoms with Gasteiger partial charge in [0, 0.05) is 23.8 Å². The summed E-state index contributed by atoms with van der Waals surface area (Å²) >= 11 is 0. The molecule has 0 aromatic carbocycles. The van der Waals surface area contributed by atoms with E-state index in [2.05, 4.69) is 15.3 Å². The van der Waals surface area contributed by atoms with Gasteiger partial charge in [-0.15, -0.1) is 0 Å². The van der Waals surface area contributed by atoms with Crippen LogP contribution in [0.15, 0.2) is 6.07 Å². The lowest BCUT2D eigenvalue weighted by atomic mass is 10.1. The molecule has 0 aliphatic carbocycles. The van der Waals surface area contributed by atoms with Gasteiger partial charge in [-0.3, -0.25) is 0 Å². The van der Waals surface area contributed by atoms with E-state index in [1.807, 2.05) is 33.8 Å². The second-order valence-electron chi connectivity index (χ2n) is 4.45. The number of rotatable bonds is 5. The predicted molar refractivity (Wildman–Crippen MR) is 64.7 cm³/mol. The number of nitrogens with one attached hydrogen (secondary N) is 1. The van der Waals surface area contributed by atoms with Gasteiger partial charge in [-0.05, 0) is 27.7 Å². The zero-order chi connectivity index (χ0) is 12.2.